The van der Waals surface area contributed by atoms with Crippen LogP contribution < -0.4 is 0 Å². The monoisotopic (exact) mass is 238 g/mol. The molecular formula is C15H23Cl. The van der Waals surface area contributed by atoms with Gasteiger partial charge in [0.1, 0.15) is 0 Å². The molecule has 1 heteroatoms. The van der Waals surface area contributed by atoms with Gasteiger partial charge in [-0.2, -0.15) is 0 Å². The normalized spacial score (nSPS) is 12.7. The van der Waals surface area contributed by atoms with Crippen LogP contribution in [0.15, 0.2) is 24.3 Å². The van der Waals surface area contributed by atoms with E-state index in [9.17, 15) is 0 Å². The second-order valence-electron chi connectivity index (χ2n) is 4.50. The Morgan fingerprint density at radius 1 is 1.00 bits per heavy atom. The summed E-state index contributed by atoms with van der Waals surface area (Å²) in [5.41, 5.74) is 1.35. The topological polar surface area (TPSA) is 0 Å². The van der Waals surface area contributed by atoms with Gasteiger partial charge < -0.3 is 0 Å². The summed E-state index contributed by atoms with van der Waals surface area (Å²) in [6.45, 7) is 4.51. The molecule has 0 nitrogen and oxygen atoms in total. The summed E-state index contributed by atoms with van der Waals surface area (Å²) in [7, 11) is 0. The van der Waals surface area contributed by atoms with Crippen molar-refractivity contribution in [1.82, 2.24) is 0 Å². The predicted molar refractivity (Wildman–Crippen MR) is 73.2 cm³/mol. The van der Waals surface area contributed by atoms with E-state index in [1.54, 1.807) is 0 Å². The summed E-state index contributed by atoms with van der Waals surface area (Å²) in [5, 5.41) is 0.942. The molecule has 0 heterocycles. The summed E-state index contributed by atoms with van der Waals surface area (Å²) in [4.78, 5) is 0. The van der Waals surface area contributed by atoms with Gasteiger partial charge in [-0.15, -0.1) is 0 Å². The SMILES string of the molecule is CCCCCC(CCC)c1ccccc1Cl. The van der Waals surface area contributed by atoms with E-state index in [1.165, 1.54) is 44.1 Å². The molecule has 1 aromatic carbocycles. The molecule has 1 atom stereocenters. The Balaban J connectivity index is 2.65. The van der Waals surface area contributed by atoms with Gasteiger partial charge in [0.2, 0.25) is 0 Å². The summed E-state index contributed by atoms with van der Waals surface area (Å²) in [6, 6.07) is 8.32. The van der Waals surface area contributed by atoms with Crippen molar-refractivity contribution in [3.8, 4) is 0 Å². The van der Waals surface area contributed by atoms with Crippen LogP contribution in [0.2, 0.25) is 5.02 Å². The maximum Gasteiger partial charge on any atom is 0.0440 e. The molecule has 0 bridgehead atoms. The first-order chi connectivity index (χ1) is 7.79. The maximum absolute atomic E-state index is 6.27. The van der Waals surface area contributed by atoms with E-state index in [2.05, 4.69) is 26.0 Å². The van der Waals surface area contributed by atoms with E-state index >= 15 is 0 Å². The van der Waals surface area contributed by atoms with Crippen LogP contribution in [0.5, 0.6) is 0 Å². The second-order valence-corrected chi connectivity index (χ2v) is 4.91. The van der Waals surface area contributed by atoms with Gasteiger partial charge in [-0.25, -0.2) is 0 Å². The Morgan fingerprint density at radius 3 is 2.38 bits per heavy atom. The minimum absolute atomic E-state index is 0.658. The third-order valence-electron chi connectivity index (χ3n) is 3.14. The van der Waals surface area contributed by atoms with Crippen LogP contribution >= 0.6 is 11.6 Å². The standard InChI is InChI=1S/C15H23Cl/c1-3-5-6-10-13(9-4-2)14-11-7-8-12-15(14)16/h7-8,11-13H,3-6,9-10H2,1-2H3. The van der Waals surface area contributed by atoms with Gasteiger partial charge >= 0.3 is 0 Å². The van der Waals surface area contributed by atoms with Crippen LogP contribution in [0.25, 0.3) is 0 Å². The van der Waals surface area contributed by atoms with Crippen LogP contribution in [-0.2, 0) is 0 Å². The minimum atomic E-state index is 0.658. The Kier molecular flexibility index (Phi) is 6.56. The first kappa shape index (κ1) is 13.6. The van der Waals surface area contributed by atoms with Crippen LogP contribution in [-0.4, -0.2) is 0 Å². The fourth-order valence-electron chi connectivity index (χ4n) is 2.25. The third kappa shape index (κ3) is 4.17. The molecule has 90 valence electrons. The molecule has 0 spiro atoms. The van der Waals surface area contributed by atoms with Gasteiger partial charge in [0.05, 0.1) is 0 Å². The van der Waals surface area contributed by atoms with Crippen LogP contribution in [0.4, 0.5) is 0 Å². The fourth-order valence-corrected chi connectivity index (χ4v) is 2.54. The smallest absolute Gasteiger partial charge is 0.0440 e. The molecule has 1 rings (SSSR count). The lowest BCUT2D eigenvalue weighted by molar-refractivity contribution is 0.529. The summed E-state index contributed by atoms with van der Waals surface area (Å²) in [6.07, 6.45) is 7.74. The average molecular weight is 239 g/mol. The zero-order chi connectivity index (χ0) is 11.8. The second kappa shape index (κ2) is 7.73. The van der Waals surface area contributed by atoms with Crippen molar-refractivity contribution >= 4 is 11.6 Å². The average Bonchev–Trinajstić information content (AvgIpc) is 2.29. The third-order valence-corrected chi connectivity index (χ3v) is 3.48. The summed E-state index contributed by atoms with van der Waals surface area (Å²) in [5.74, 6) is 0.658. The van der Waals surface area contributed by atoms with Crippen molar-refractivity contribution in [3.63, 3.8) is 0 Å². The number of hydrogen-bond donors (Lipinski definition) is 0. The lowest BCUT2D eigenvalue weighted by Gasteiger charge is -2.17. The van der Waals surface area contributed by atoms with Crippen LogP contribution in [0.3, 0.4) is 0 Å². The number of benzene rings is 1. The molecule has 1 aromatic rings. The molecule has 1 unspecified atom stereocenters. The van der Waals surface area contributed by atoms with Crippen molar-refractivity contribution in [2.24, 2.45) is 0 Å². The van der Waals surface area contributed by atoms with Gasteiger partial charge in [0, 0.05) is 5.02 Å². The lowest BCUT2D eigenvalue weighted by Crippen LogP contribution is -1.99. The number of unbranched alkanes of at least 4 members (excludes halogenated alkanes) is 2. The molecule has 0 aliphatic heterocycles. The van der Waals surface area contributed by atoms with Gasteiger partial charge in [-0.1, -0.05) is 69.3 Å². The summed E-state index contributed by atoms with van der Waals surface area (Å²) >= 11 is 6.27. The molecule has 0 radical (unpaired) electrons. The molecule has 0 aliphatic carbocycles. The molecule has 0 fully saturated rings. The van der Waals surface area contributed by atoms with E-state index < -0.39 is 0 Å². The molecule has 0 N–H and O–H groups in total. The molecule has 0 saturated heterocycles. The quantitative estimate of drug-likeness (QED) is 0.527. The highest BCUT2D eigenvalue weighted by atomic mass is 35.5. The number of halogens is 1. The minimum Gasteiger partial charge on any atom is -0.0840 e. The number of hydrogen-bond acceptors (Lipinski definition) is 0. The van der Waals surface area contributed by atoms with Gasteiger partial charge in [0.15, 0.2) is 0 Å². The molecule has 0 aliphatic rings. The van der Waals surface area contributed by atoms with Gasteiger partial charge in [0.25, 0.3) is 0 Å². The highest BCUT2D eigenvalue weighted by Crippen LogP contribution is 2.32. The largest absolute Gasteiger partial charge is 0.0840 e. The lowest BCUT2D eigenvalue weighted by atomic mass is 9.89. The zero-order valence-electron chi connectivity index (χ0n) is 10.5. The van der Waals surface area contributed by atoms with E-state index in [-0.39, 0.29) is 0 Å². The van der Waals surface area contributed by atoms with Crippen molar-refractivity contribution in [2.45, 2.75) is 58.3 Å². The van der Waals surface area contributed by atoms with Crippen LogP contribution in [0.1, 0.15) is 63.9 Å². The maximum atomic E-state index is 6.27. The molecule has 16 heavy (non-hydrogen) atoms. The highest BCUT2D eigenvalue weighted by molar-refractivity contribution is 6.31. The first-order valence-electron chi connectivity index (χ1n) is 6.54. The van der Waals surface area contributed by atoms with Crippen molar-refractivity contribution in [3.05, 3.63) is 34.9 Å². The van der Waals surface area contributed by atoms with Crippen molar-refractivity contribution in [1.29, 1.82) is 0 Å². The van der Waals surface area contributed by atoms with E-state index in [0.29, 0.717) is 5.92 Å². The zero-order valence-corrected chi connectivity index (χ0v) is 11.3. The number of rotatable bonds is 7. The van der Waals surface area contributed by atoms with E-state index in [0.717, 1.165) is 5.02 Å². The Hall–Kier alpha value is -0.490. The Morgan fingerprint density at radius 2 is 1.75 bits per heavy atom. The van der Waals surface area contributed by atoms with Gasteiger partial charge in [-0.3, -0.25) is 0 Å². The van der Waals surface area contributed by atoms with E-state index in [4.69, 9.17) is 11.6 Å². The molecule has 0 aromatic heterocycles. The van der Waals surface area contributed by atoms with Gasteiger partial charge in [-0.05, 0) is 30.4 Å². The summed E-state index contributed by atoms with van der Waals surface area (Å²) < 4.78 is 0. The predicted octanol–water partition coefficient (Wildman–Crippen LogP) is 5.80. The Bertz CT molecular complexity index is 293. The molecule has 0 amide bonds. The first-order valence-corrected chi connectivity index (χ1v) is 6.91. The fraction of sp³-hybridized carbons (Fsp3) is 0.600. The highest BCUT2D eigenvalue weighted by Gasteiger charge is 2.12. The molecular weight excluding hydrogens is 216 g/mol. The van der Waals surface area contributed by atoms with Crippen LogP contribution in [0, 0.1) is 0 Å². The van der Waals surface area contributed by atoms with E-state index in [1.807, 2.05) is 12.1 Å². The Labute approximate surface area is 105 Å². The molecule has 0 saturated carbocycles. The van der Waals surface area contributed by atoms with Crippen molar-refractivity contribution in [2.75, 3.05) is 0 Å². The van der Waals surface area contributed by atoms with Crippen molar-refractivity contribution < 1.29 is 0 Å².